The molecule has 1 atom stereocenters. The maximum absolute atomic E-state index is 5.62. The summed E-state index contributed by atoms with van der Waals surface area (Å²) in [5, 5.41) is 0. The lowest BCUT2D eigenvalue weighted by atomic mass is 10.3. The molecule has 1 aliphatic heterocycles. The maximum Gasteiger partial charge on any atom is 0.104 e. The van der Waals surface area contributed by atoms with Gasteiger partial charge in [0.1, 0.15) is 6.10 Å². The van der Waals surface area contributed by atoms with Crippen LogP contribution in [0, 0.1) is 0 Å². The van der Waals surface area contributed by atoms with E-state index < -0.39 is 0 Å². The highest BCUT2D eigenvalue weighted by Gasteiger charge is 2.19. The van der Waals surface area contributed by atoms with Crippen LogP contribution in [0.5, 0.6) is 0 Å². The fourth-order valence-corrected chi connectivity index (χ4v) is 0.832. The van der Waals surface area contributed by atoms with Crippen molar-refractivity contribution in [1.82, 2.24) is 0 Å². The highest BCUT2D eigenvalue weighted by Crippen LogP contribution is 2.04. The molecular weight excluding hydrogens is 146 g/mol. The topological polar surface area (TPSA) is 53.7 Å². The summed E-state index contributed by atoms with van der Waals surface area (Å²) in [6.07, 6.45) is 0.262. The summed E-state index contributed by atoms with van der Waals surface area (Å²) in [7, 11) is 1.63. The van der Waals surface area contributed by atoms with Crippen molar-refractivity contribution in [2.45, 2.75) is 12.1 Å². The van der Waals surface area contributed by atoms with Crippen LogP contribution in [-0.4, -0.2) is 45.7 Å². The highest BCUT2D eigenvalue weighted by atomic mass is 16.6. The second-order valence-corrected chi connectivity index (χ2v) is 2.71. The van der Waals surface area contributed by atoms with E-state index in [4.69, 9.17) is 19.9 Å². The van der Waals surface area contributed by atoms with Gasteiger partial charge in [-0.1, -0.05) is 0 Å². The molecule has 0 aromatic heterocycles. The van der Waals surface area contributed by atoms with E-state index in [1.54, 1.807) is 7.11 Å². The second-order valence-electron chi connectivity index (χ2n) is 2.71. The van der Waals surface area contributed by atoms with Crippen LogP contribution in [0.3, 0.4) is 0 Å². The summed E-state index contributed by atoms with van der Waals surface area (Å²) in [4.78, 5) is 0. The Bertz CT molecular complexity index is 106. The lowest BCUT2D eigenvalue weighted by Crippen LogP contribution is -2.40. The number of hydrogen-bond acceptors (Lipinski definition) is 4. The van der Waals surface area contributed by atoms with Gasteiger partial charge in [0.15, 0.2) is 0 Å². The van der Waals surface area contributed by atoms with Crippen molar-refractivity contribution in [3.63, 3.8) is 0 Å². The van der Waals surface area contributed by atoms with Crippen LogP contribution in [0.4, 0.5) is 0 Å². The summed E-state index contributed by atoms with van der Waals surface area (Å²) in [5.74, 6) is 0. The molecule has 1 rings (SSSR count). The average Bonchev–Trinajstić information content (AvgIpc) is 1.85. The molecule has 4 nitrogen and oxygen atoms in total. The van der Waals surface area contributed by atoms with Crippen molar-refractivity contribution in [3.8, 4) is 0 Å². The maximum atomic E-state index is 5.62. The Morgan fingerprint density at radius 2 is 2.27 bits per heavy atom. The largest absolute Gasteiger partial charge is 0.383 e. The molecular formula is C7H15NO3. The Morgan fingerprint density at radius 3 is 2.73 bits per heavy atom. The molecule has 11 heavy (non-hydrogen) atoms. The lowest BCUT2D eigenvalue weighted by molar-refractivity contribution is -0.133. The van der Waals surface area contributed by atoms with E-state index >= 15 is 0 Å². The standard InChI is InChI=1S/C7H15NO3/c1-9-2-6(8)3-11-7-4-10-5-7/h6-7H,2-5,8H2,1H3. The molecule has 0 aromatic carbocycles. The highest BCUT2D eigenvalue weighted by molar-refractivity contribution is 4.66. The first kappa shape index (κ1) is 8.93. The molecule has 0 amide bonds. The number of methoxy groups -OCH3 is 1. The molecule has 0 spiro atoms. The van der Waals surface area contributed by atoms with Gasteiger partial charge in [0.25, 0.3) is 0 Å². The third kappa shape index (κ3) is 3.16. The first-order valence-electron chi connectivity index (χ1n) is 3.76. The van der Waals surface area contributed by atoms with E-state index in [-0.39, 0.29) is 12.1 Å². The zero-order valence-electron chi connectivity index (χ0n) is 6.79. The Labute approximate surface area is 66.6 Å². The van der Waals surface area contributed by atoms with Gasteiger partial charge in [-0.3, -0.25) is 0 Å². The molecule has 1 saturated heterocycles. The van der Waals surface area contributed by atoms with Gasteiger partial charge in [0.2, 0.25) is 0 Å². The molecule has 2 N–H and O–H groups in total. The zero-order chi connectivity index (χ0) is 8.10. The van der Waals surface area contributed by atoms with Gasteiger partial charge in [-0.05, 0) is 0 Å². The van der Waals surface area contributed by atoms with Gasteiger partial charge in [-0.25, -0.2) is 0 Å². The Kier molecular flexibility index (Phi) is 3.79. The van der Waals surface area contributed by atoms with Crippen LogP contribution >= 0.6 is 0 Å². The van der Waals surface area contributed by atoms with Crippen molar-refractivity contribution in [3.05, 3.63) is 0 Å². The van der Waals surface area contributed by atoms with Crippen LogP contribution in [0.1, 0.15) is 0 Å². The van der Waals surface area contributed by atoms with E-state index in [1.165, 1.54) is 0 Å². The molecule has 1 unspecified atom stereocenters. The number of hydrogen-bond donors (Lipinski definition) is 1. The molecule has 1 aliphatic rings. The van der Waals surface area contributed by atoms with Gasteiger partial charge < -0.3 is 19.9 Å². The number of rotatable bonds is 5. The van der Waals surface area contributed by atoms with E-state index in [0.717, 1.165) is 0 Å². The van der Waals surface area contributed by atoms with E-state index in [0.29, 0.717) is 26.4 Å². The molecule has 0 saturated carbocycles. The first-order valence-corrected chi connectivity index (χ1v) is 3.76. The normalized spacial score (nSPS) is 21.3. The molecule has 0 bridgehead atoms. The minimum Gasteiger partial charge on any atom is -0.383 e. The smallest absolute Gasteiger partial charge is 0.104 e. The van der Waals surface area contributed by atoms with Crippen molar-refractivity contribution in [2.75, 3.05) is 33.5 Å². The van der Waals surface area contributed by atoms with Crippen LogP contribution in [0.25, 0.3) is 0 Å². The summed E-state index contributed by atoms with van der Waals surface area (Å²) in [5.41, 5.74) is 5.62. The predicted molar refractivity (Wildman–Crippen MR) is 40.4 cm³/mol. The van der Waals surface area contributed by atoms with Gasteiger partial charge in [-0.15, -0.1) is 0 Å². The average molecular weight is 161 g/mol. The minimum absolute atomic E-state index is 0.0133. The third-order valence-electron chi connectivity index (χ3n) is 1.53. The first-order chi connectivity index (χ1) is 5.33. The van der Waals surface area contributed by atoms with Gasteiger partial charge in [0.05, 0.1) is 32.5 Å². The van der Waals surface area contributed by atoms with Crippen LogP contribution < -0.4 is 5.73 Å². The summed E-state index contributed by atoms with van der Waals surface area (Å²) in [6, 6.07) is -0.0133. The minimum atomic E-state index is -0.0133. The van der Waals surface area contributed by atoms with Crippen molar-refractivity contribution >= 4 is 0 Å². The number of nitrogens with two attached hydrogens (primary N) is 1. The molecule has 1 heterocycles. The predicted octanol–water partition coefficient (Wildman–Crippen LogP) is -0.624. The summed E-state index contributed by atoms with van der Waals surface area (Å²) < 4.78 is 15.1. The van der Waals surface area contributed by atoms with Crippen molar-refractivity contribution in [2.24, 2.45) is 5.73 Å². The van der Waals surface area contributed by atoms with Crippen molar-refractivity contribution in [1.29, 1.82) is 0 Å². The molecule has 66 valence electrons. The van der Waals surface area contributed by atoms with E-state index in [1.807, 2.05) is 0 Å². The molecule has 1 fully saturated rings. The zero-order valence-corrected chi connectivity index (χ0v) is 6.79. The van der Waals surface area contributed by atoms with Gasteiger partial charge in [-0.2, -0.15) is 0 Å². The monoisotopic (exact) mass is 161 g/mol. The second kappa shape index (κ2) is 4.66. The Balaban J connectivity index is 1.92. The van der Waals surface area contributed by atoms with E-state index in [2.05, 4.69) is 0 Å². The van der Waals surface area contributed by atoms with E-state index in [9.17, 15) is 0 Å². The quantitative estimate of drug-likeness (QED) is 0.583. The summed E-state index contributed by atoms with van der Waals surface area (Å²) in [6.45, 7) is 2.52. The Hall–Kier alpha value is -0.160. The molecule has 4 heteroatoms. The fourth-order valence-electron chi connectivity index (χ4n) is 0.832. The van der Waals surface area contributed by atoms with Gasteiger partial charge >= 0.3 is 0 Å². The fraction of sp³-hybridized carbons (Fsp3) is 1.00. The van der Waals surface area contributed by atoms with Crippen LogP contribution in [0.2, 0.25) is 0 Å². The molecule has 0 aromatic rings. The lowest BCUT2D eigenvalue weighted by Gasteiger charge is -2.27. The molecule has 0 radical (unpaired) electrons. The van der Waals surface area contributed by atoms with Crippen LogP contribution in [-0.2, 0) is 14.2 Å². The molecule has 0 aliphatic carbocycles. The third-order valence-corrected chi connectivity index (χ3v) is 1.53. The number of ether oxygens (including phenoxy) is 3. The van der Waals surface area contributed by atoms with Crippen molar-refractivity contribution < 1.29 is 14.2 Å². The Morgan fingerprint density at radius 1 is 1.55 bits per heavy atom. The van der Waals surface area contributed by atoms with Gasteiger partial charge in [0, 0.05) is 7.11 Å². The SMILES string of the molecule is COCC(N)COC1COC1. The summed E-state index contributed by atoms with van der Waals surface area (Å²) >= 11 is 0. The van der Waals surface area contributed by atoms with Crippen LogP contribution in [0.15, 0.2) is 0 Å².